The number of ether oxygens (including phenoxy) is 1. The van der Waals surface area contributed by atoms with Crippen LogP contribution in [0.4, 0.5) is 0 Å². The normalized spacial score (nSPS) is 47.2. The van der Waals surface area contributed by atoms with Crippen molar-refractivity contribution in [3.05, 3.63) is 23.0 Å². The van der Waals surface area contributed by atoms with Crippen LogP contribution in [0.3, 0.4) is 0 Å². The average Bonchev–Trinajstić information content (AvgIpc) is 3.21. The van der Waals surface area contributed by atoms with Gasteiger partial charge in [-0.3, -0.25) is 0 Å². The van der Waals surface area contributed by atoms with Crippen molar-refractivity contribution in [1.29, 1.82) is 0 Å². The van der Waals surface area contributed by atoms with Crippen LogP contribution in [0.1, 0.15) is 71.1 Å². The molecule has 5 aliphatic rings. The highest BCUT2D eigenvalue weighted by Crippen LogP contribution is 2.70. The van der Waals surface area contributed by atoms with Crippen molar-refractivity contribution in [2.24, 2.45) is 23.2 Å². The van der Waals surface area contributed by atoms with Crippen molar-refractivity contribution < 1.29 is 4.74 Å². The van der Waals surface area contributed by atoms with Gasteiger partial charge in [-0.15, -0.1) is 0 Å². The second-order valence-corrected chi connectivity index (χ2v) is 10.7. The molecule has 2 heteroatoms. The minimum Gasteiger partial charge on any atom is -0.501 e. The van der Waals surface area contributed by atoms with E-state index in [-0.39, 0.29) is 0 Å². The Morgan fingerprint density at radius 2 is 2.08 bits per heavy atom. The van der Waals surface area contributed by atoms with Crippen LogP contribution in [0.2, 0.25) is 0 Å². The molecule has 24 heavy (non-hydrogen) atoms. The number of hydrogen-bond donors (Lipinski definition) is 0. The molecule has 4 aliphatic carbocycles. The van der Waals surface area contributed by atoms with Crippen LogP contribution in [0.5, 0.6) is 0 Å². The zero-order valence-corrected chi connectivity index (χ0v) is 16.2. The molecule has 1 aliphatic heterocycles. The van der Waals surface area contributed by atoms with E-state index in [2.05, 4.69) is 24.8 Å². The molecule has 2 saturated carbocycles. The zero-order chi connectivity index (χ0) is 16.4. The fourth-order valence-electron chi connectivity index (χ4n) is 7.48. The number of allylic oxidation sites excluding steroid dienone is 3. The molecule has 0 unspecified atom stereocenters. The summed E-state index contributed by atoms with van der Waals surface area (Å²) in [4.78, 5) is 0. The van der Waals surface area contributed by atoms with Crippen molar-refractivity contribution in [2.75, 3.05) is 12.9 Å². The summed E-state index contributed by atoms with van der Waals surface area (Å²) in [5, 5.41) is 0. The van der Waals surface area contributed by atoms with Crippen molar-refractivity contribution in [3.8, 4) is 0 Å². The van der Waals surface area contributed by atoms with Gasteiger partial charge in [-0.25, -0.2) is 0 Å². The van der Waals surface area contributed by atoms with Gasteiger partial charge >= 0.3 is 0 Å². The van der Waals surface area contributed by atoms with E-state index < -0.39 is 0 Å². The summed E-state index contributed by atoms with van der Waals surface area (Å²) in [7, 11) is 1.84. The van der Waals surface area contributed by atoms with Crippen LogP contribution >= 0.6 is 11.8 Å². The number of hydrogen-bond acceptors (Lipinski definition) is 2. The Morgan fingerprint density at radius 3 is 2.88 bits per heavy atom. The van der Waals surface area contributed by atoms with E-state index in [1.807, 2.05) is 12.7 Å². The van der Waals surface area contributed by atoms with E-state index in [0.717, 1.165) is 24.2 Å². The maximum Gasteiger partial charge on any atom is 0.0959 e. The molecule has 1 saturated heterocycles. The second-order valence-electron chi connectivity index (χ2n) is 9.24. The zero-order valence-electron chi connectivity index (χ0n) is 15.4. The SMILES string of the molecule is COC1=CCC2=C(CC[C@@H]3[C@@H]2CC[C@@]2(C)[C@H]3CC[C@@]23CCCS3)C1. The van der Waals surface area contributed by atoms with Crippen LogP contribution in [0, 0.1) is 23.2 Å². The number of rotatable bonds is 1. The van der Waals surface area contributed by atoms with Gasteiger partial charge in [0.1, 0.15) is 0 Å². The van der Waals surface area contributed by atoms with Crippen molar-refractivity contribution in [3.63, 3.8) is 0 Å². The van der Waals surface area contributed by atoms with E-state index >= 15 is 0 Å². The van der Waals surface area contributed by atoms with Gasteiger partial charge in [-0.05, 0) is 92.8 Å². The fraction of sp³-hybridized carbons (Fsp3) is 0.818. The maximum atomic E-state index is 5.55. The summed E-state index contributed by atoms with van der Waals surface area (Å²) in [6, 6.07) is 0. The molecule has 0 aromatic heterocycles. The summed E-state index contributed by atoms with van der Waals surface area (Å²) in [5.41, 5.74) is 4.23. The van der Waals surface area contributed by atoms with Crippen molar-refractivity contribution >= 4 is 11.8 Å². The third kappa shape index (κ3) is 2.01. The highest BCUT2D eigenvalue weighted by molar-refractivity contribution is 8.00. The molecule has 1 heterocycles. The fourth-order valence-corrected chi connectivity index (χ4v) is 9.30. The van der Waals surface area contributed by atoms with Gasteiger partial charge in [0.2, 0.25) is 0 Å². The first-order chi connectivity index (χ1) is 11.7. The van der Waals surface area contributed by atoms with Crippen LogP contribution in [-0.4, -0.2) is 17.6 Å². The summed E-state index contributed by atoms with van der Waals surface area (Å²) < 4.78 is 6.21. The van der Waals surface area contributed by atoms with Crippen LogP contribution in [0.25, 0.3) is 0 Å². The molecule has 0 aromatic carbocycles. The molecule has 5 rings (SSSR count). The Morgan fingerprint density at radius 1 is 1.17 bits per heavy atom. The minimum absolute atomic E-state index is 0.635. The molecular weight excluding hydrogens is 312 g/mol. The third-order valence-corrected chi connectivity index (χ3v) is 10.6. The quantitative estimate of drug-likeness (QED) is 0.531. The van der Waals surface area contributed by atoms with Gasteiger partial charge in [0.15, 0.2) is 0 Å². The van der Waals surface area contributed by atoms with Gasteiger partial charge < -0.3 is 4.74 Å². The second kappa shape index (κ2) is 5.56. The Hall–Kier alpha value is -0.370. The predicted octanol–water partition coefficient (Wildman–Crippen LogP) is 6.11. The lowest BCUT2D eigenvalue weighted by atomic mass is 9.53. The standard InChI is InChI=1S/C22H32OS/c1-21-11-8-18-17-7-5-16(23-2)14-15(17)4-6-19(18)20(21)9-12-22(21)10-3-13-24-22/h5,18-20H,3-4,6-14H2,1-2H3/t18-,19-,20+,21+,22+/m1/s1. The Balaban J connectivity index is 1.43. The summed E-state index contributed by atoms with van der Waals surface area (Å²) >= 11 is 2.36. The van der Waals surface area contributed by atoms with Crippen molar-refractivity contribution in [2.45, 2.75) is 75.9 Å². The third-order valence-electron chi connectivity index (χ3n) is 8.71. The van der Waals surface area contributed by atoms with Gasteiger partial charge in [0, 0.05) is 11.2 Å². The Bertz CT molecular complexity index is 597. The summed E-state index contributed by atoms with van der Waals surface area (Å²) in [6.07, 6.45) is 16.5. The smallest absolute Gasteiger partial charge is 0.0959 e. The van der Waals surface area contributed by atoms with E-state index in [9.17, 15) is 0 Å². The maximum absolute atomic E-state index is 5.55. The first-order valence-corrected chi connectivity index (χ1v) is 11.2. The summed E-state index contributed by atoms with van der Waals surface area (Å²) in [5.74, 6) is 5.54. The van der Waals surface area contributed by atoms with Gasteiger partial charge in [0.05, 0.1) is 12.9 Å². The van der Waals surface area contributed by atoms with Gasteiger partial charge in [-0.1, -0.05) is 18.1 Å². The van der Waals surface area contributed by atoms with E-state index in [0.29, 0.717) is 10.2 Å². The molecule has 0 amide bonds. The molecule has 5 atom stereocenters. The molecular formula is C22H32OS. The highest BCUT2D eigenvalue weighted by Gasteiger charge is 2.62. The molecule has 3 fully saturated rings. The van der Waals surface area contributed by atoms with Gasteiger partial charge in [-0.2, -0.15) is 11.8 Å². The average molecular weight is 345 g/mol. The topological polar surface area (TPSA) is 9.23 Å². The highest BCUT2D eigenvalue weighted by atomic mass is 32.2. The van der Waals surface area contributed by atoms with Crippen LogP contribution in [0.15, 0.2) is 23.0 Å². The summed E-state index contributed by atoms with van der Waals surface area (Å²) in [6.45, 7) is 2.70. The number of methoxy groups -OCH3 is 1. The van der Waals surface area contributed by atoms with E-state index in [1.54, 1.807) is 5.57 Å². The molecule has 0 bridgehead atoms. The lowest BCUT2D eigenvalue weighted by molar-refractivity contribution is 0.0242. The van der Waals surface area contributed by atoms with Crippen LogP contribution < -0.4 is 0 Å². The lowest BCUT2D eigenvalue weighted by Crippen LogP contribution is -2.49. The number of thioether (sulfide) groups is 1. The molecule has 132 valence electrons. The van der Waals surface area contributed by atoms with E-state index in [1.165, 1.54) is 69.3 Å². The molecule has 1 spiro atoms. The minimum atomic E-state index is 0.635. The van der Waals surface area contributed by atoms with Gasteiger partial charge in [0.25, 0.3) is 0 Å². The first-order valence-electron chi connectivity index (χ1n) is 10.2. The molecule has 0 radical (unpaired) electrons. The first kappa shape index (κ1) is 15.9. The largest absolute Gasteiger partial charge is 0.501 e. The molecule has 0 N–H and O–H groups in total. The Kier molecular flexibility index (Phi) is 3.67. The lowest BCUT2D eigenvalue weighted by Gasteiger charge is -2.54. The predicted molar refractivity (Wildman–Crippen MR) is 102 cm³/mol. The van der Waals surface area contributed by atoms with Crippen LogP contribution in [-0.2, 0) is 4.74 Å². The Labute approximate surface area is 151 Å². The molecule has 1 nitrogen and oxygen atoms in total. The number of fused-ring (bicyclic) bond motifs is 5. The van der Waals surface area contributed by atoms with E-state index in [4.69, 9.17) is 4.74 Å². The monoisotopic (exact) mass is 344 g/mol. The molecule has 0 aromatic rings. The van der Waals surface area contributed by atoms with Crippen molar-refractivity contribution in [1.82, 2.24) is 0 Å².